The fourth-order valence-electron chi connectivity index (χ4n) is 6.38. The first-order valence-corrected chi connectivity index (χ1v) is 13.1. The first-order valence-electron chi connectivity index (χ1n) is 13.1. The van der Waals surface area contributed by atoms with Crippen molar-refractivity contribution in [1.29, 1.82) is 0 Å². The number of hydrogen-bond donors (Lipinski definition) is 0. The molecule has 3 heterocycles. The van der Waals surface area contributed by atoms with E-state index in [2.05, 4.69) is 118 Å². The average Bonchev–Trinajstić information content (AvgIpc) is 3.58. The van der Waals surface area contributed by atoms with Gasteiger partial charge in [-0.3, -0.25) is 0 Å². The van der Waals surface area contributed by atoms with Crippen LogP contribution in [0.3, 0.4) is 0 Å². The highest BCUT2D eigenvalue weighted by Crippen LogP contribution is 2.46. The quantitative estimate of drug-likeness (QED) is 0.198. The predicted octanol–water partition coefficient (Wildman–Crippen LogP) is 9.08. The monoisotopic (exact) mass is 491 g/mol. The number of nitrogens with zero attached hydrogens (tertiary/aromatic N) is 3. The van der Waals surface area contributed by atoms with E-state index in [0.717, 1.165) is 19.6 Å². The molecule has 3 aromatic heterocycles. The smallest absolute Gasteiger partial charge is 0.0596 e. The van der Waals surface area contributed by atoms with Gasteiger partial charge >= 0.3 is 0 Å². The van der Waals surface area contributed by atoms with Gasteiger partial charge in [0.15, 0.2) is 0 Å². The van der Waals surface area contributed by atoms with Crippen LogP contribution in [0.4, 0.5) is 0 Å². The third kappa shape index (κ3) is 3.02. The zero-order valence-electron chi connectivity index (χ0n) is 21.4. The van der Waals surface area contributed by atoms with Crippen molar-refractivity contribution < 1.29 is 0 Å². The van der Waals surface area contributed by atoms with Crippen LogP contribution in [0.25, 0.3) is 65.6 Å². The second-order valence-electron chi connectivity index (χ2n) is 9.88. The number of allylic oxidation sites excluding steroid dienone is 3. The topological polar surface area (TPSA) is 14.8 Å². The van der Waals surface area contributed by atoms with E-state index in [1.165, 1.54) is 65.6 Å². The Morgan fingerprint density at radius 1 is 0.526 bits per heavy atom. The molecular formula is C35H29N3. The summed E-state index contributed by atoms with van der Waals surface area (Å²) in [4.78, 5) is 0. The average molecular weight is 492 g/mol. The third-order valence-corrected chi connectivity index (χ3v) is 7.79. The first-order chi connectivity index (χ1) is 18.8. The Morgan fingerprint density at radius 3 is 1.53 bits per heavy atom. The minimum atomic E-state index is 0.732. The molecule has 0 unspecified atom stereocenters. The van der Waals surface area contributed by atoms with Gasteiger partial charge in [0.25, 0.3) is 0 Å². The molecule has 7 aromatic rings. The molecule has 0 fully saturated rings. The SMILES string of the molecule is C=CCn1cc(-c2c3c(cc4c5ccccc5n(CC=C)c24)c2ccccc2n3CC=C)c2ccccc21. The van der Waals surface area contributed by atoms with Crippen LogP contribution in [-0.4, -0.2) is 13.7 Å². The maximum Gasteiger partial charge on any atom is 0.0596 e. The number of aromatic nitrogens is 3. The second kappa shape index (κ2) is 8.67. The molecule has 0 atom stereocenters. The summed E-state index contributed by atoms with van der Waals surface area (Å²) in [7, 11) is 0. The molecule has 0 aliphatic rings. The van der Waals surface area contributed by atoms with Gasteiger partial charge in [-0.2, -0.15) is 0 Å². The Balaban J connectivity index is 1.81. The molecule has 4 aromatic carbocycles. The Labute approximate surface area is 221 Å². The van der Waals surface area contributed by atoms with Gasteiger partial charge in [0.2, 0.25) is 0 Å². The largest absolute Gasteiger partial charge is 0.343 e. The minimum absolute atomic E-state index is 0.732. The van der Waals surface area contributed by atoms with E-state index >= 15 is 0 Å². The lowest BCUT2D eigenvalue weighted by atomic mass is 9.97. The van der Waals surface area contributed by atoms with Crippen LogP contribution in [0.15, 0.2) is 123 Å². The van der Waals surface area contributed by atoms with Crippen LogP contribution >= 0.6 is 0 Å². The van der Waals surface area contributed by atoms with E-state index in [-0.39, 0.29) is 0 Å². The summed E-state index contributed by atoms with van der Waals surface area (Å²) in [6, 6.07) is 28.6. The van der Waals surface area contributed by atoms with Crippen molar-refractivity contribution in [2.24, 2.45) is 0 Å². The normalized spacial score (nSPS) is 11.8. The lowest BCUT2D eigenvalue weighted by molar-refractivity contribution is 0.865. The zero-order valence-corrected chi connectivity index (χ0v) is 21.4. The molecule has 3 nitrogen and oxygen atoms in total. The highest BCUT2D eigenvalue weighted by molar-refractivity contribution is 6.26. The van der Waals surface area contributed by atoms with E-state index in [4.69, 9.17) is 0 Å². The van der Waals surface area contributed by atoms with Crippen molar-refractivity contribution in [3.63, 3.8) is 0 Å². The molecular weight excluding hydrogens is 462 g/mol. The van der Waals surface area contributed by atoms with Gasteiger partial charge in [-0.15, -0.1) is 19.7 Å². The molecule has 0 aliphatic carbocycles. The first kappa shape index (κ1) is 22.4. The molecule has 0 N–H and O–H groups in total. The molecule has 3 heteroatoms. The van der Waals surface area contributed by atoms with Crippen LogP contribution in [0.2, 0.25) is 0 Å². The van der Waals surface area contributed by atoms with Gasteiger partial charge in [0.1, 0.15) is 0 Å². The van der Waals surface area contributed by atoms with Crippen molar-refractivity contribution in [1.82, 2.24) is 13.7 Å². The van der Waals surface area contributed by atoms with E-state index < -0.39 is 0 Å². The Morgan fingerprint density at radius 2 is 1.00 bits per heavy atom. The van der Waals surface area contributed by atoms with Crippen molar-refractivity contribution >= 4 is 54.5 Å². The number of hydrogen-bond acceptors (Lipinski definition) is 0. The van der Waals surface area contributed by atoms with Crippen LogP contribution in [-0.2, 0) is 19.6 Å². The zero-order chi connectivity index (χ0) is 25.8. The summed E-state index contributed by atoms with van der Waals surface area (Å²) in [6.45, 7) is 14.5. The van der Waals surface area contributed by atoms with Crippen LogP contribution in [0, 0.1) is 0 Å². The van der Waals surface area contributed by atoms with E-state index in [1.807, 2.05) is 18.2 Å². The maximum absolute atomic E-state index is 4.12. The minimum Gasteiger partial charge on any atom is -0.343 e. The standard InChI is InChI=1S/C35H29N3/c1-4-19-36-23-29(26-15-7-10-16-30(26)36)33-34-27(24-13-8-11-17-31(24)37(34)20-5-2)22-28-25-14-9-12-18-32(25)38(21-6-3)35(28)33/h4-18,22-23H,1-3,19-21H2. The molecule has 38 heavy (non-hydrogen) atoms. The van der Waals surface area contributed by atoms with Gasteiger partial charge in [-0.05, 0) is 24.3 Å². The van der Waals surface area contributed by atoms with Gasteiger partial charge in [0, 0.05) is 80.4 Å². The summed E-state index contributed by atoms with van der Waals surface area (Å²) in [6.07, 6.45) is 8.28. The number of para-hydroxylation sites is 3. The molecule has 0 radical (unpaired) electrons. The molecule has 7 rings (SSSR count). The molecule has 0 aliphatic heterocycles. The number of benzene rings is 4. The fraction of sp³-hybridized carbons (Fsp3) is 0.0857. The number of fused-ring (bicyclic) bond motifs is 7. The molecule has 0 saturated carbocycles. The summed E-state index contributed by atoms with van der Waals surface area (Å²) in [5, 5.41) is 6.32. The Hall–Kier alpha value is -4.76. The predicted molar refractivity (Wildman–Crippen MR) is 164 cm³/mol. The maximum atomic E-state index is 4.12. The van der Waals surface area contributed by atoms with Gasteiger partial charge in [0.05, 0.1) is 11.0 Å². The summed E-state index contributed by atoms with van der Waals surface area (Å²) < 4.78 is 7.17. The molecule has 0 bridgehead atoms. The van der Waals surface area contributed by atoms with Crippen molar-refractivity contribution in [2.45, 2.75) is 19.6 Å². The van der Waals surface area contributed by atoms with E-state index in [9.17, 15) is 0 Å². The van der Waals surface area contributed by atoms with Gasteiger partial charge in [-0.25, -0.2) is 0 Å². The van der Waals surface area contributed by atoms with Crippen molar-refractivity contribution in [3.05, 3.63) is 123 Å². The highest BCUT2D eigenvalue weighted by atomic mass is 15.0. The van der Waals surface area contributed by atoms with Crippen molar-refractivity contribution in [3.8, 4) is 11.1 Å². The summed E-state index contributed by atoms with van der Waals surface area (Å²) in [5.41, 5.74) is 8.65. The fourth-order valence-corrected chi connectivity index (χ4v) is 6.38. The molecule has 184 valence electrons. The van der Waals surface area contributed by atoms with Crippen LogP contribution in [0.1, 0.15) is 0 Å². The Kier molecular flexibility index (Phi) is 5.12. The second-order valence-corrected chi connectivity index (χ2v) is 9.88. The molecule has 0 amide bonds. The van der Waals surface area contributed by atoms with Crippen molar-refractivity contribution in [2.75, 3.05) is 0 Å². The van der Waals surface area contributed by atoms with Crippen LogP contribution in [0.5, 0.6) is 0 Å². The summed E-state index contributed by atoms with van der Waals surface area (Å²) >= 11 is 0. The third-order valence-electron chi connectivity index (χ3n) is 7.79. The van der Waals surface area contributed by atoms with Gasteiger partial charge in [-0.1, -0.05) is 72.8 Å². The molecule has 0 spiro atoms. The summed E-state index contributed by atoms with van der Waals surface area (Å²) in [5.74, 6) is 0. The molecule has 0 saturated heterocycles. The lowest BCUT2D eigenvalue weighted by Gasteiger charge is -2.14. The Bertz CT molecular complexity index is 1960. The van der Waals surface area contributed by atoms with Crippen LogP contribution < -0.4 is 0 Å². The lowest BCUT2D eigenvalue weighted by Crippen LogP contribution is -2.00. The van der Waals surface area contributed by atoms with Gasteiger partial charge < -0.3 is 13.7 Å². The number of rotatable bonds is 7. The van der Waals surface area contributed by atoms with E-state index in [0.29, 0.717) is 0 Å². The highest BCUT2D eigenvalue weighted by Gasteiger charge is 2.24. The van der Waals surface area contributed by atoms with E-state index in [1.54, 1.807) is 0 Å².